The second-order valence-electron chi connectivity index (χ2n) is 3.91. The molecule has 0 atom stereocenters. The number of rotatable bonds is 1. The number of hydrogen-bond acceptors (Lipinski definition) is 3. The zero-order valence-corrected chi connectivity index (χ0v) is 8.93. The van der Waals surface area contributed by atoms with Crippen molar-refractivity contribution in [2.45, 2.75) is 0 Å². The predicted molar refractivity (Wildman–Crippen MR) is 60.9 cm³/mol. The number of anilines is 1. The molecule has 1 saturated heterocycles. The van der Waals surface area contributed by atoms with Gasteiger partial charge in [0.1, 0.15) is 0 Å². The molecule has 0 aliphatic carbocycles. The Hall–Kier alpha value is -1.60. The van der Waals surface area contributed by atoms with E-state index in [1.807, 2.05) is 24.3 Å². The van der Waals surface area contributed by atoms with Crippen LogP contribution < -0.4 is 4.90 Å². The molecule has 4 nitrogen and oxygen atoms in total. The third kappa shape index (κ3) is 2.25. The van der Waals surface area contributed by atoms with Crippen LogP contribution in [0.15, 0.2) is 24.3 Å². The topological polar surface area (TPSA) is 34.6 Å². The molecule has 2 rings (SSSR count). The minimum absolute atomic E-state index is 0.605. The first-order valence-electron chi connectivity index (χ1n) is 5.18. The lowest BCUT2D eigenvalue weighted by Gasteiger charge is -2.33. The maximum absolute atomic E-state index is 8.58. The first-order chi connectivity index (χ1) is 7.29. The largest absolute Gasteiger partial charge is 0.385 e. The second-order valence-corrected chi connectivity index (χ2v) is 3.91. The molecule has 0 amide bonds. The molecule has 0 saturated carbocycles. The van der Waals surface area contributed by atoms with Crippen molar-refractivity contribution in [1.82, 2.24) is 4.90 Å². The minimum Gasteiger partial charge on any atom is -0.369 e. The molecule has 1 aliphatic rings. The first-order valence-corrected chi connectivity index (χ1v) is 5.18. The van der Waals surface area contributed by atoms with Gasteiger partial charge in [0.05, 0.1) is 0 Å². The molecule has 1 aromatic rings. The Kier molecular flexibility index (Phi) is 2.84. The second kappa shape index (κ2) is 4.28. The molecule has 1 heterocycles. The number of benzene rings is 1. The highest BCUT2D eigenvalue weighted by Crippen LogP contribution is 2.20. The zero-order valence-electron chi connectivity index (χ0n) is 8.93. The number of diazo groups is 1. The van der Waals surface area contributed by atoms with Gasteiger partial charge in [0, 0.05) is 44.0 Å². The van der Waals surface area contributed by atoms with Gasteiger partial charge in [-0.25, -0.2) is 0 Å². The van der Waals surface area contributed by atoms with Crippen LogP contribution in [0.25, 0.3) is 4.98 Å². The van der Waals surface area contributed by atoms with Gasteiger partial charge in [0.25, 0.3) is 0 Å². The van der Waals surface area contributed by atoms with Crippen LogP contribution in [0.2, 0.25) is 0 Å². The van der Waals surface area contributed by atoms with E-state index in [4.69, 9.17) is 5.39 Å². The van der Waals surface area contributed by atoms with Crippen molar-refractivity contribution in [3.8, 4) is 0 Å². The molecule has 1 fully saturated rings. The zero-order chi connectivity index (χ0) is 10.7. The van der Waals surface area contributed by atoms with E-state index in [0.717, 1.165) is 26.2 Å². The fourth-order valence-corrected chi connectivity index (χ4v) is 1.79. The summed E-state index contributed by atoms with van der Waals surface area (Å²) < 4.78 is 0. The van der Waals surface area contributed by atoms with Gasteiger partial charge in [0.15, 0.2) is 4.98 Å². The molecule has 0 N–H and O–H groups in total. The standard InChI is InChI=1S/C11H15N4/c1-14-6-8-15(9-7-14)11-4-2-10(13-12)3-5-11/h2-5H,6-9H2,1H3/q+1. The van der Waals surface area contributed by atoms with Crippen molar-refractivity contribution < 1.29 is 0 Å². The van der Waals surface area contributed by atoms with E-state index in [0.29, 0.717) is 5.69 Å². The van der Waals surface area contributed by atoms with Gasteiger partial charge in [-0.3, -0.25) is 0 Å². The van der Waals surface area contributed by atoms with Crippen molar-refractivity contribution in [3.63, 3.8) is 0 Å². The Bertz CT molecular complexity index is 357. The summed E-state index contributed by atoms with van der Waals surface area (Å²) in [6.45, 7) is 4.33. The van der Waals surface area contributed by atoms with E-state index in [-0.39, 0.29) is 0 Å². The highest BCUT2D eigenvalue weighted by molar-refractivity contribution is 5.55. The van der Waals surface area contributed by atoms with Gasteiger partial charge in [-0.15, -0.1) is 0 Å². The Labute approximate surface area is 89.7 Å². The van der Waals surface area contributed by atoms with Crippen molar-refractivity contribution >= 4 is 11.4 Å². The maximum Gasteiger partial charge on any atom is 0.385 e. The monoisotopic (exact) mass is 203 g/mol. The van der Waals surface area contributed by atoms with Crippen LogP contribution in [-0.4, -0.2) is 38.1 Å². The van der Waals surface area contributed by atoms with Gasteiger partial charge >= 0.3 is 5.69 Å². The van der Waals surface area contributed by atoms with Crippen LogP contribution in [0.1, 0.15) is 0 Å². The fourth-order valence-electron chi connectivity index (χ4n) is 1.79. The summed E-state index contributed by atoms with van der Waals surface area (Å²) in [7, 11) is 2.14. The summed E-state index contributed by atoms with van der Waals surface area (Å²) in [6, 6.07) is 7.65. The van der Waals surface area contributed by atoms with Crippen molar-refractivity contribution in [3.05, 3.63) is 29.2 Å². The Morgan fingerprint density at radius 3 is 2.20 bits per heavy atom. The summed E-state index contributed by atoms with van der Waals surface area (Å²) in [5, 5.41) is 8.58. The van der Waals surface area contributed by atoms with Gasteiger partial charge < -0.3 is 9.80 Å². The summed E-state index contributed by atoms with van der Waals surface area (Å²) in [4.78, 5) is 7.82. The molecule has 0 bridgehead atoms. The normalized spacial score (nSPS) is 17.5. The lowest BCUT2D eigenvalue weighted by Crippen LogP contribution is -2.44. The van der Waals surface area contributed by atoms with Crippen LogP contribution >= 0.6 is 0 Å². The third-order valence-corrected chi connectivity index (χ3v) is 2.83. The number of likely N-dealkylation sites (N-methyl/N-ethyl adjacent to an activating group) is 1. The average Bonchev–Trinajstić information content (AvgIpc) is 2.30. The fraction of sp³-hybridized carbons (Fsp3) is 0.455. The van der Waals surface area contributed by atoms with E-state index in [2.05, 4.69) is 21.8 Å². The van der Waals surface area contributed by atoms with Gasteiger partial charge in [-0.05, 0) is 19.2 Å². The van der Waals surface area contributed by atoms with Crippen molar-refractivity contribution in [1.29, 1.82) is 5.39 Å². The van der Waals surface area contributed by atoms with Gasteiger partial charge in [0.2, 0.25) is 5.39 Å². The molecular formula is C11H15N4+. The molecule has 0 radical (unpaired) electrons. The summed E-state index contributed by atoms with van der Waals surface area (Å²) in [6.07, 6.45) is 0. The molecule has 1 aromatic carbocycles. The number of piperazine rings is 1. The smallest absolute Gasteiger partial charge is 0.369 e. The maximum atomic E-state index is 8.58. The molecule has 78 valence electrons. The van der Waals surface area contributed by atoms with Crippen LogP contribution in [0.3, 0.4) is 0 Å². The van der Waals surface area contributed by atoms with Crippen LogP contribution in [0.5, 0.6) is 0 Å². The lowest BCUT2D eigenvalue weighted by molar-refractivity contribution is 0.313. The van der Waals surface area contributed by atoms with Gasteiger partial charge in [-0.1, -0.05) is 0 Å². The van der Waals surface area contributed by atoms with Crippen molar-refractivity contribution in [2.24, 2.45) is 0 Å². The lowest BCUT2D eigenvalue weighted by atomic mass is 10.2. The SMILES string of the molecule is CN1CCN(c2ccc([N+]#N)cc2)CC1. The molecule has 0 aromatic heterocycles. The summed E-state index contributed by atoms with van der Waals surface area (Å²) in [5.74, 6) is 0. The molecule has 15 heavy (non-hydrogen) atoms. The molecule has 1 aliphatic heterocycles. The van der Waals surface area contributed by atoms with Crippen LogP contribution in [-0.2, 0) is 0 Å². The molecule has 4 heteroatoms. The Morgan fingerprint density at radius 2 is 1.67 bits per heavy atom. The first kappa shape index (κ1) is 9.94. The average molecular weight is 203 g/mol. The number of hydrogen-bond donors (Lipinski definition) is 0. The summed E-state index contributed by atoms with van der Waals surface area (Å²) >= 11 is 0. The summed E-state index contributed by atoms with van der Waals surface area (Å²) in [5.41, 5.74) is 1.81. The van der Waals surface area contributed by atoms with E-state index in [1.54, 1.807) is 0 Å². The predicted octanol–water partition coefficient (Wildman–Crippen LogP) is 1.92. The van der Waals surface area contributed by atoms with Crippen LogP contribution in [0, 0.1) is 5.39 Å². The minimum atomic E-state index is 0.605. The van der Waals surface area contributed by atoms with E-state index in [1.165, 1.54) is 5.69 Å². The molecule has 0 unspecified atom stereocenters. The molecule has 0 spiro atoms. The number of nitrogens with zero attached hydrogens (tertiary/aromatic N) is 4. The quantitative estimate of drug-likeness (QED) is 0.654. The van der Waals surface area contributed by atoms with E-state index >= 15 is 0 Å². The Balaban J connectivity index is 2.07. The Morgan fingerprint density at radius 1 is 1.07 bits per heavy atom. The van der Waals surface area contributed by atoms with E-state index in [9.17, 15) is 0 Å². The highest BCUT2D eigenvalue weighted by Gasteiger charge is 2.14. The third-order valence-electron chi connectivity index (χ3n) is 2.83. The van der Waals surface area contributed by atoms with Gasteiger partial charge in [-0.2, -0.15) is 0 Å². The van der Waals surface area contributed by atoms with E-state index < -0.39 is 0 Å². The molecular weight excluding hydrogens is 188 g/mol. The highest BCUT2D eigenvalue weighted by atomic mass is 15.2. The van der Waals surface area contributed by atoms with Crippen LogP contribution in [0.4, 0.5) is 11.4 Å². The van der Waals surface area contributed by atoms with Crippen molar-refractivity contribution in [2.75, 3.05) is 38.1 Å².